The molecule has 1 aromatic carbocycles. The number of hydrogen-bond acceptors (Lipinski definition) is 8. The maximum Gasteiger partial charge on any atom is 0.241 e. The van der Waals surface area contributed by atoms with Crippen LogP contribution in [0.3, 0.4) is 0 Å². The normalized spacial score (nSPS) is 19.7. The average molecular weight is 553 g/mol. The number of halogens is 1. The largest absolute Gasteiger partial charge is 0.325 e. The molecule has 4 heterocycles. The third-order valence-electron chi connectivity index (χ3n) is 6.12. The van der Waals surface area contributed by atoms with Crippen LogP contribution in [0.2, 0.25) is 0 Å². The van der Waals surface area contributed by atoms with Gasteiger partial charge in [0.15, 0.2) is 5.13 Å². The maximum absolute atomic E-state index is 12.7. The van der Waals surface area contributed by atoms with E-state index in [9.17, 15) is 9.59 Å². The molecule has 1 saturated heterocycles. The number of thiazole rings is 1. The highest BCUT2D eigenvalue weighted by Crippen LogP contribution is 2.32. The molecule has 12 heteroatoms. The number of benzene rings is 1. The Hall–Kier alpha value is -3.22. The SMILES string of the molecule is O=C(Nc1nc2ccc(-c3cn([C@@H]4CN[C@H](C(=O)Nc5ccc(Br)cc5)C4)nn3)nc2s1)C1CC1. The van der Waals surface area contributed by atoms with Crippen LogP contribution in [0.5, 0.6) is 0 Å². The Balaban J connectivity index is 1.12. The molecular weight excluding hydrogens is 532 g/mol. The van der Waals surface area contributed by atoms with Gasteiger partial charge in [0.05, 0.1) is 24.0 Å². The molecule has 1 aliphatic carbocycles. The van der Waals surface area contributed by atoms with Gasteiger partial charge in [-0.25, -0.2) is 14.6 Å². The predicted octanol–water partition coefficient (Wildman–Crippen LogP) is 3.60. The van der Waals surface area contributed by atoms with Crippen molar-refractivity contribution in [3.63, 3.8) is 0 Å². The molecule has 1 aliphatic heterocycles. The van der Waals surface area contributed by atoms with Crippen molar-refractivity contribution >= 4 is 60.2 Å². The van der Waals surface area contributed by atoms with E-state index in [1.165, 1.54) is 11.3 Å². The minimum Gasteiger partial charge on any atom is -0.325 e. The molecule has 2 aliphatic rings. The zero-order valence-corrected chi connectivity index (χ0v) is 20.8. The third-order valence-corrected chi connectivity index (χ3v) is 7.53. The number of aromatic nitrogens is 5. The summed E-state index contributed by atoms with van der Waals surface area (Å²) < 4.78 is 2.75. The molecule has 6 rings (SSSR count). The van der Waals surface area contributed by atoms with Crippen molar-refractivity contribution in [3.05, 3.63) is 47.1 Å². The fraction of sp³-hybridized carbons (Fsp3) is 0.304. The van der Waals surface area contributed by atoms with Gasteiger partial charge in [-0.2, -0.15) is 0 Å². The zero-order chi connectivity index (χ0) is 23.9. The van der Waals surface area contributed by atoms with E-state index in [-0.39, 0.29) is 29.8 Å². The van der Waals surface area contributed by atoms with Crippen LogP contribution in [0.25, 0.3) is 21.7 Å². The van der Waals surface area contributed by atoms with Gasteiger partial charge >= 0.3 is 0 Å². The third kappa shape index (κ3) is 4.81. The number of hydrogen-bond donors (Lipinski definition) is 3. The van der Waals surface area contributed by atoms with Crippen LogP contribution in [0.4, 0.5) is 10.8 Å². The monoisotopic (exact) mass is 552 g/mol. The van der Waals surface area contributed by atoms with Gasteiger partial charge in [-0.3, -0.25) is 9.59 Å². The Morgan fingerprint density at radius 1 is 1.03 bits per heavy atom. The molecule has 10 nitrogen and oxygen atoms in total. The van der Waals surface area contributed by atoms with Crippen molar-refractivity contribution in [2.75, 3.05) is 17.2 Å². The van der Waals surface area contributed by atoms with Crippen LogP contribution >= 0.6 is 27.3 Å². The highest BCUT2D eigenvalue weighted by molar-refractivity contribution is 9.10. The summed E-state index contributed by atoms with van der Waals surface area (Å²) in [5.41, 5.74) is 2.82. The van der Waals surface area contributed by atoms with Crippen molar-refractivity contribution in [2.24, 2.45) is 5.92 Å². The van der Waals surface area contributed by atoms with E-state index in [1.54, 1.807) is 4.68 Å². The second-order valence-corrected chi connectivity index (χ2v) is 10.6. The van der Waals surface area contributed by atoms with Gasteiger partial charge in [0, 0.05) is 22.6 Å². The van der Waals surface area contributed by atoms with Crippen molar-refractivity contribution in [3.8, 4) is 11.4 Å². The molecule has 1 saturated carbocycles. The topological polar surface area (TPSA) is 127 Å². The quantitative estimate of drug-likeness (QED) is 0.333. The fourth-order valence-corrected chi connectivity index (χ4v) is 5.12. The molecule has 35 heavy (non-hydrogen) atoms. The summed E-state index contributed by atoms with van der Waals surface area (Å²) in [7, 11) is 0. The second kappa shape index (κ2) is 9.10. The van der Waals surface area contributed by atoms with E-state index in [0.29, 0.717) is 29.5 Å². The molecule has 2 amide bonds. The van der Waals surface area contributed by atoms with E-state index in [0.717, 1.165) is 33.3 Å². The molecule has 0 radical (unpaired) electrons. The highest BCUT2D eigenvalue weighted by atomic mass is 79.9. The van der Waals surface area contributed by atoms with E-state index in [4.69, 9.17) is 0 Å². The molecule has 3 N–H and O–H groups in total. The smallest absolute Gasteiger partial charge is 0.241 e. The van der Waals surface area contributed by atoms with Gasteiger partial charge in [-0.05, 0) is 55.7 Å². The van der Waals surface area contributed by atoms with Gasteiger partial charge in [-0.1, -0.05) is 32.5 Å². The number of amides is 2. The summed E-state index contributed by atoms with van der Waals surface area (Å²) in [6, 6.07) is 10.9. The van der Waals surface area contributed by atoms with Gasteiger partial charge in [0.25, 0.3) is 0 Å². The van der Waals surface area contributed by atoms with Crippen LogP contribution in [0.1, 0.15) is 25.3 Å². The molecule has 0 spiro atoms. The molecule has 2 fully saturated rings. The molecule has 178 valence electrons. The number of nitrogens with zero attached hydrogens (tertiary/aromatic N) is 5. The predicted molar refractivity (Wildman–Crippen MR) is 136 cm³/mol. The van der Waals surface area contributed by atoms with Gasteiger partial charge in [-0.15, -0.1) is 5.10 Å². The van der Waals surface area contributed by atoms with Gasteiger partial charge in [0.2, 0.25) is 11.8 Å². The van der Waals surface area contributed by atoms with Crippen LogP contribution in [0, 0.1) is 5.92 Å². The number of pyridine rings is 1. The number of carbonyl (C=O) groups is 2. The Morgan fingerprint density at radius 3 is 2.66 bits per heavy atom. The summed E-state index contributed by atoms with van der Waals surface area (Å²) in [5, 5.41) is 18.3. The molecular formula is C23H21BrN8O2S. The summed E-state index contributed by atoms with van der Waals surface area (Å²) in [4.78, 5) is 34.6. The summed E-state index contributed by atoms with van der Waals surface area (Å²) in [5.74, 6) is 0.0790. The number of rotatable bonds is 6. The van der Waals surface area contributed by atoms with E-state index in [1.807, 2.05) is 42.6 Å². The van der Waals surface area contributed by atoms with Crippen molar-refractivity contribution < 1.29 is 9.59 Å². The van der Waals surface area contributed by atoms with Crippen molar-refractivity contribution in [1.82, 2.24) is 30.3 Å². The Bertz CT molecular complexity index is 1410. The standard InChI is InChI=1S/C23H21BrN8O2S/c24-13-3-5-14(6-4-13)26-21(34)18-9-15(10-25-18)32-11-19(30-31-32)16-7-8-17-22(27-16)35-23(28-17)29-20(33)12-1-2-12/h3-8,11-12,15,18,25H,1-2,9-10H2,(H,26,34)(H,28,29,33)/t15-,18-/m0/s1. The number of carbonyl (C=O) groups excluding carboxylic acids is 2. The minimum atomic E-state index is -0.313. The van der Waals surface area contributed by atoms with E-state index >= 15 is 0 Å². The van der Waals surface area contributed by atoms with Gasteiger partial charge < -0.3 is 16.0 Å². The first-order valence-electron chi connectivity index (χ1n) is 11.3. The lowest BCUT2D eigenvalue weighted by molar-refractivity contribution is -0.118. The van der Waals surface area contributed by atoms with Gasteiger partial charge in [0.1, 0.15) is 16.0 Å². The van der Waals surface area contributed by atoms with E-state index < -0.39 is 0 Å². The van der Waals surface area contributed by atoms with Crippen LogP contribution in [-0.4, -0.2) is 49.4 Å². The molecule has 3 aromatic heterocycles. The number of nitrogens with one attached hydrogen (secondary N) is 3. The van der Waals surface area contributed by atoms with Crippen molar-refractivity contribution in [2.45, 2.75) is 31.3 Å². The van der Waals surface area contributed by atoms with E-state index in [2.05, 4.69) is 52.2 Å². The zero-order valence-electron chi connectivity index (χ0n) is 18.4. The lowest BCUT2D eigenvalue weighted by Gasteiger charge is -2.11. The minimum absolute atomic E-state index is 0.00768. The van der Waals surface area contributed by atoms with Crippen LogP contribution in [-0.2, 0) is 9.59 Å². The van der Waals surface area contributed by atoms with Crippen LogP contribution in [0.15, 0.2) is 47.1 Å². The average Bonchev–Trinajstić information content (AvgIpc) is 3.22. The molecule has 0 bridgehead atoms. The molecule has 4 aromatic rings. The Labute approximate surface area is 212 Å². The summed E-state index contributed by atoms with van der Waals surface area (Å²) in [6.07, 6.45) is 4.35. The molecule has 0 unspecified atom stereocenters. The lowest BCUT2D eigenvalue weighted by Crippen LogP contribution is -2.35. The summed E-state index contributed by atoms with van der Waals surface area (Å²) >= 11 is 4.75. The first kappa shape index (κ1) is 22.3. The lowest BCUT2D eigenvalue weighted by atomic mass is 10.1. The first-order chi connectivity index (χ1) is 17.0. The second-order valence-electron chi connectivity index (χ2n) is 8.73. The summed E-state index contributed by atoms with van der Waals surface area (Å²) in [6.45, 7) is 0.618. The number of fused-ring (bicyclic) bond motifs is 1. The van der Waals surface area contributed by atoms with Crippen molar-refractivity contribution in [1.29, 1.82) is 0 Å². The van der Waals surface area contributed by atoms with Crippen LogP contribution < -0.4 is 16.0 Å². The Kier molecular flexibility index (Phi) is 5.78. The Morgan fingerprint density at radius 2 is 1.86 bits per heavy atom. The number of anilines is 2. The molecule has 2 atom stereocenters. The maximum atomic E-state index is 12.7. The first-order valence-corrected chi connectivity index (χ1v) is 12.9. The fourth-order valence-electron chi connectivity index (χ4n) is 4.02. The highest BCUT2D eigenvalue weighted by Gasteiger charge is 2.32.